The number of hydrogen-bond acceptors (Lipinski definition) is 4. The van der Waals surface area contributed by atoms with E-state index in [0.717, 1.165) is 39.8 Å². The van der Waals surface area contributed by atoms with E-state index in [1.54, 1.807) is 7.11 Å². The fraction of sp³-hybridized carbons (Fsp3) is 0.160. The highest BCUT2D eigenvalue weighted by Gasteiger charge is 2.09. The average molecular weight is 399 g/mol. The minimum atomic E-state index is 0.558. The number of hydrogen-bond donors (Lipinski definition) is 1. The van der Waals surface area contributed by atoms with Gasteiger partial charge in [0.2, 0.25) is 5.95 Å². The first-order valence-corrected chi connectivity index (χ1v) is 9.88. The largest absolute Gasteiger partial charge is 0.497 e. The van der Waals surface area contributed by atoms with E-state index in [2.05, 4.69) is 39.1 Å². The highest BCUT2D eigenvalue weighted by Crippen LogP contribution is 2.24. The van der Waals surface area contributed by atoms with Crippen molar-refractivity contribution in [3.05, 3.63) is 96.2 Å². The van der Waals surface area contributed by atoms with Gasteiger partial charge in [0.25, 0.3) is 0 Å². The van der Waals surface area contributed by atoms with Gasteiger partial charge >= 0.3 is 0 Å². The summed E-state index contributed by atoms with van der Waals surface area (Å²) in [5.74, 6) is 2.52. The van der Waals surface area contributed by atoms with Crippen LogP contribution in [-0.2, 0) is 20.2 Å². The maximum atomic E-state index is 5.93. The van der Waals surface area contributed by atoms with Crippen LogP contribution >= 0.6 is 0 Å². The third-order valence-electron chi connectivity index (χ3n) is 4.97. The molecule has 0 amide bonds. The zero-order valence-corrected chi connectivity index (χ0v) is 17.2. The van der Waals surface area contributed by atoms with Crippen LogP contribution in [0.1, 0.15) is 11.1 Å². The van der Waals surface area contributed by atoms with Crippen molar-refractivity contribution in [1.82, 2.24) is 9.55 Å². The molecule has 0 aliphatic rings. The minimum Gasteiger partial charge on any atom is -0.497 e. The van der Waals surface area contributed by atoms with Crippen LogP contribution in [0.4, 0.5) is 5.95 Å². The summed E-state index contributed by atoms with van der Waals surface area (Å²) >= 11 is 0. The van der Waals surface area contributed by atoms with E-state index in [1.165, 1.54) is 0 Å². The number of nitrogens with one attached hydrogen (secondary N) is 1. The van der Waals surface area contributed by atoms with E-state index in [0.29, 0.717) is 13.2 Å². The van der Waals surface area contributed by atoms with Crippen molar-refractivity contribution in [3.8, 4) is 22.8 Å². The topological polar surface area (TPSA) is 48.3 Å². The first-order valence-electron chi connectivity index (χ1n) is 9.88. The molecule has 0 saturated heterocycles. The smallest absolute Gasteiger partial charge is 0.203 e. The number of rotatable bonds is 8. The predicted molar refractivity (Wildman–Crippen MR) is 120 cm³/mol. The summed E-state index contributed by atoms with van der Waals surface area (Å²) < 4.78 is 13.2. The monoisotopic (exact) mass is 399 g/mol. The molecule has 0 atom stereocenters. The second-order valence-electron chi connectivity index (χ2n) is 7.03. The molecule has 5 heteroatoms. The Morgan fingerprint density at radius 3 is 2.40 bits per heavy atom. The lowest BCUT2D eigenvalue weighted by Crippen LogP contribution is -2.06. The molecule has 0 fully saturated rings. The maximum absolute atomic E-state index is 5.93. The Morgan fingerprint density at radius 1 is 0.867 bits per heavy atom. The van der Waals surface area contributed by atoms with Gasteiger partial charge in [-0.05, 0) is 47.5 Å². The second kappa shape index (κ2) is 9.18. The van der Waals surface area contributed by atoms with Crippen LogP contribution in [-0.4, -0.2) is 16.7 Å². The van der Waals surface area contributed by atoms with E-state index in [9.17, 15) is 0 Å². The second-order valence-corrected chi connectivity index (χ2v) is 7.03. The van der Waals surface area contributed by atoms with Gasteiger partial charge in [0.1, 0.15) is 18.1 Å². The highest BCUT2D eigenvalue weighted by molar-refractivity contribution is 5.62. The third kappa shape index (κ3) is 4.63. The maximum Gasteiger partial charge on any atom is 0.203 e. The molecule has 0 radical (unpaired) electrons. The molecule has 3 aromatic carbocycles. The van der Waals surface area contributed by atoms with Crippen LogP contribution in [0.15, 0.2) is 85.1 Å². The molecule has 0 saturated carbocycles. The molecule has 152 valence electrons. The number of nitrogens with zero attached hydrogens (tertiary/aromatic N) is 2. The average Bonchev–Trinajstić information content (AvgIpc) is 3.17. The first-order chi connectivity index (χ1) is 14.7. The predicted octanol–water partition coefficient (Wildman–Crippen LogP) is 5.29. The molecule has 1 aromatic heterocycles. The first kappa shape index (κ1) is 19.6. The molecule has 1 heterocycles. The molecule has 0 aliphatic heterocycles. The third-order valence-corrected chi connectivity index (χ3v) is 4.97. The van der Waals surface area contributed by atoms with Crippen LogP contribution in [0.5, 0.6) is 11.5 Å². The Hall–Kier alpha value is -3.73. The lowest BCUT2D eigenvalue weighted by atomic mass is 10.1. The number of aromatic nitrogens is 2. The molecule has 0 spiro atoms. The van der Waals surface area contributed by atoms with Crippen molar-refractivity contribution < 1.29 is 9.47 Å². The Bertz CT molecular complexity index is 1090. The number of methoxy groups -OCH3 is 1. The van der Waals surface area contributed by atoms with E-state index in [4.69, 9.17) is 9.47 Å². The Labute approximate surface area is 176 Å². The van der Waals surface area contributed by atoms with Crippen molar-refractivity contribution >= 4 is 5.95 Å². The van der Waals surface area contributed by atoms with Gasteiger partial charge in [0, 0.05) is 19.2 Å². The Morgan fingerprint density at radius 2 is 1.63 bits per heavy atom. The molecule has 0 aliphatic carbocycles. The van der Waals surface area contributed by atoms with Crippen LogP contribution in [0.3, 0.4) is 0 Å². The van der Waals surface area contributed by atoms with Crippen molar-refractivity contribution in [2.24, 2.45) is 7.05 Å². The van der Waals surface area contributed by atoms with E-state index in [1.807, 2.05) is 67.8 Å². The Balaban J connectivity index is 1.39. The van der Waals surface area contributed by atoms with Gasteiger partial charge in [0.05, 0.1) is 19.0 Å². The summed E-state index contributed by atoms with van der Waals surface area (Å²) in [5.41, 5.74) is 4.42. The number of imidazole rings is 1. The van der Waals surface area contributed by atoms with Crippen LogP contribution in [0.2, 0.25) is 0 Å². The van der Waals surface area contributed by atoms with Crippen LogP contribution < -0.4 is 14.8 Å². The van der Waals surface area contributed by atoms with Gasteiger partial charge in [-0.1, -0.05) is 42.5 Å². The van der Waals surface area contributed by atoms with Gasteiger partial charge in [-0.15, -0.1) is 0 Å². The molecular formula is C25H25N3O2. The summed E-state index contributed by atoms with van der Waals surface area (Å²) in [6.45, 7) is 1.22. The number of ether oxygens (including phenoxy) is 2. The summed E-state index contributed by atoms with van der Waals surface area (Å²) in [4.78, 5) is 4.54. The molecule has 5 nitrogen and oxygen atoms in total. The summed E-state index contributed by atoms with van der Waals surface area (Å²) in [7, 11) is 3.68. The van der Waals surface area contributed by atoms with Gasteiger partial charge in [-0.25, -0.2) is 4.98 Å². The summed E-state index contributed by atoms with van der Waals surface area (Å²) in [5, 5.41) is 3.41. The molecule has 0 bridgehead atoms. The zero-order chi connectivity index (χ0) is 20.8. The van der Waals surface area contributed by atoms with E-state index in [-0.39, 0.29) is 0 Å². The molecular weight excluding hydrogens is 374 g/mol. The SMILES string of the molecule is COc1ccc(-c2cnc(NCc3cccc(OCc4ccccc4)c3)n2C)cc1. The minimum absolute atomic E-state index is 0.558. The van der Waals surface area contributed by atoms with Crippen molar-refractivity contribution in [3.63, 3.8) is 0 Å². The highest BCUT2D eigenvalue weighted by atomic mass is 16.5. The van der Waals surface area contributed by atoms with E-state index < -0.39 is 0 Å². The zero-order valence-electron chi connectivity index (χ0n) is 17.2. The number of anilines is 1. The molecule has 4 aromatic rings. The van der Waals surface area contributed by atoms with Crippen LogP contribution in [0.25, 0.3) is 11.3 Å². The quantitative estimate of drug-likeness (QED) is 0.438. The van der Waals surface area contributed by atoms with Crippen molar-refractivity contribution in [2.45, 2.75) is 13.2 Å². The lowest BCUT2D eigenvalue weighted by molar-refractivity contribution is 0.306. The van der Waals surface area contributed by atoms with E-state index >= 15 is 0 Å². The molecule has 30 heavy (non-hydrogen) atoms. The van der Waals surface area contributed by atoms with Crippen LogP contribution in [0, 0.1) is 0 Å². The van der Waals surface area contributed by atoms with Gasteiger partial charge in [-0.3, -0.25) is 0 Å². The molecule has 4 rings (SSSR count). The molecule has 1 N–H and O–H groups in total. The Kier molecular flexibility index (Phi) is 5.99. The van der Waals surface area contributed by atoms with Gasteiger partial charge < -0.3 is 19.4 Å². The van der Waals surface area contributed by atoms with Crippen molar-refractivity contribution in [2.75, 3.05) is 12.4 Å². The lowest BCUT2D eigenvalue weighted by Gasteiger charge is -2.11. The normalized spacial score (nSPS) is 10.6. The fourth-order valence-corrected chi connectivity index (χ4v) is 3.27. The van der Waals surface area contributed by atoms with Gasteiger partial charge in [-0.2, -0.15) is 0 Å². The van der Waals surface area contributed by atoms with Crippen molar-refractivity contribution in [1.29, 1.82) is 0 Å². The fourth-order valence-electron chi connectivity index (χ4n) is 3.27. The standard InChI is InChI=1S/C25H25N3O2/c1-28-24(21-11-13-22(29-2)14-12-21)17-27-25(28)26-16-20-9-6-10-23(15-20)30-18-19-7-4-3-5-8-19/h3-15,17H,16,18H2,1-2H3,(H,26,27). The van der Waals surface area contributed by atoms with Gasteiger partial charge in [0.15, 0.2) is 0 Å². The molecule has 0 unspecified atom stereocenters. The number of benzene rings is 3. The summed E-state index contributed by atoms with van der Waals surface area (Å²) in [6, 6.07) is 26.3. The summed E-state index contributed by atoms with van der Waals surface area (Å²) in [6.07, 6.45) is 1.88.